The van der Waals surface area contributed by atoms with E-state index in [-0.39, 0.29) is 11.9 Å². The fourth-order valence-electron chi connectivity index (χ4n) is 6.50. The van der Waals surface area contributed by atoms with Crippen molar-refractivity contribution in [2.75, 3.05) is 5.32 Å². The molecule has 1 amide bonds. The zero-order valence-electron chi connectivity index (χ0n) is 25.5. The van der Waals surface area contributed by atoms with Crippen LogP contribution in [0.15, 0.2) is 61.2 Å². The molecule has 0 bridgehead atoms. The molecular weight excluding hydrogens is 534 g/mol. The topological polar surface area (TPSA) is 109 Å². The number of carbonyl (C=O) groups excluding carboxylic acids is 1. The van der Waals surface area contributed by atoms with Crippen LogP contribution >= 0.6 is 0 Å². The lowest BCUT2D eigenvalue weighted by Gasteiger charge is -2.30. The molecule has 3 N–H and O–H groups in total. The molecule has 0 saturated heterocycles. The van der Waals surface area contributed by atoms with Crippen LogP contribution in [-0.2, 0) is 24.2 Å². The summed E-state index contributed by atoms with van der Waals surface area (Å²) < 4.78 is 1.88. The molecular formula is C35H47N7O. The highest BCUT2D eigenvalue weighted by Gasteiger charge is 2.24. The van der Waals surface area contributed by atoms with Crippen LogP contribution in [0.2, 0.25) is 0 Å². The standard InChI is InChI=1S/C35H47N7O/c1-26(39-33-21-22-37-25-38-33)27-17-19-30(20-18-27)40-34(43)14-8-6-4-2-3-5-7-11-23-42-32(36)24-29-16-15-28-12-9-10-13-31(28)35(29)41-42/h9-10,12-13,21-22,24-25,27,30,36H,1-8,11,14-20,23H2,(H,40,43)(H,37,38,39). The van der Waals surface area contributed by atoms with E-state index in [2.05, 4.69) is 51.4 Å². The van der Waals surface area contributed by atoms with Gasteiger partial charge in [-0.05, 0) is 80.5 Å². The summed E-state index contributed by atoms with van der Waals surface area (Å²) in [4.78, 5) is 20.6. The molecule has 1 aromatic carbocycles. The second-order valence-corrected chi connectivity index (χ2v) is 12.2. The van der Waals surface area contributed by atoms with Crippen LogP contribution in [0, 0.1) is 11.3 Å². The van der Waals surface area contributed by atoms with Gasteiger partial charge in [-0.15, -0.1) is 0 Å². The minimum Gasteiger partial charge on any atom is -0.353 e. The van der Waals surface area contributed by atoms with E-state index in [0.717, 1.165) is 88.0 Å². The van der Waals surface area contributed by atoms with Gasteiger partial charge in [0.05, 0.1) is 5.69 Å². The van der Waals surface area contributed by atoms with Gasteiger partial charge >= 0.3 is 0 Å². The second-order valence-electron chi connectivity index (χ2n) is 12.2. The zero-order valence-corrected chi connectivity index (χ0v) is 25.5. The van der Waals surface area contributed by atoms with Crippen LogP contribution in [-0.4, -0.2) is 31.7 Å². The summed E-state index contributed by atoms with van der Waals surface area (Å²) in [6.45, 7) is 5.02. The summed E-state index contributed by atoms with van der Waals surface area (Å²) in [5.74, 6) is 1.39. The van der Waals surface area contributed by atoms with Gasteiger partial charge in [-0.3, -0.25) is 10.2 Å². The molecule has 8 nitrogen and oxygen atoms in total. The molecule has 0 unspecified atom stereocenters. The van der Waals surface area contributed by atoms with Crippen molar-refractivity contribution in [3.8, 4) is 11.3 Å². The third kappa shape index (κ3) is 8.85. The molecule has 228 valence electrons. The van der Waals surface area contributed by atoms with Crippen molar-refractivity contribution in [1.29, 1.82) is 5.41 Å². The normalized spacial score (nSPS) is 17.5. The molecule has 43 heavy (non-hydrogen) atoms. The lowest BCUT2D eigenvalue weighted by molar-refractivity contribution is -0.122. The molecule has 0 atom stereocenters. The largest absolute Gasteiger partial charge is 0.353 e. The number of aryl methyl sites for hydroxylation is 3. The van der Waals surface area contributed by atoms with E-state index in [0.29, 0.717) is 17.8 Å². The van der Waals surface area contributed by atoms with Crippen molar-refractivity contribution >= 4 is 11.7 Å². The third-order valence-electron chi connectivity index (χ3n) is 9.03. The Morgan fingerprint density at radius 1 is 0.930 bits per heavy atom. The van der Waals surface area contributed by atoms with Crippen LogP contribution < -0.4 is 16.1 Å². The number of hydrogen-bond acceptors (Lipinski definition) is 6. The van der Waals surface area contributed by atoms with E-state index in [1.54, 1.807) is 6.20 Å². The monoisotopic (exact) mass is 581 g/mol. The van der Waals surface area contributed by atoms with Crippen LogP contribution in [0.5, 0.6) is 0 Å². The van der Waals surface area contributed by atoms with Gasteiger partial charge in [0, 0.05) is 36.5 Å². The Morgan fingerprint density at radius 2 is 1.65 bits per heavy atom. The van der Waals surface area contributed by atoms with Gasteiger partial charge in [-0.1, -0.05) is 69.4 Å². The Labute approximate surface area is 256 Å². The van der Waals surface area contributed by atoms with Gasteiger partial charge in [0.25, 0.3) is 0 Å². The van der Waals surface area contributed by atoms with Gasteiger partial charge in [-0.25, -0.2) is 14.6 Å². The summed E-state index contributed by atoms with van der Waals surface area (Å²) in [5, 5.41) is 19.9. The first-order chi connectivity index (χ1) is 21.1. The first kappa shape index (κ1) is 30.6. The summed E-state index contributed by atoms with van der Waals surface area (Å²) >= 11 is 0. The lowest BCUT2D eigenvalue weighted by atomic mass is 9.84. The summed E-state index contributed by atoms with van der Waals surface area (Å²) in [5.41, 5.74) is 6.38. The highest BCUT2D eigenvalue weighted by Crippen LogP contribution is 2.31. The molecule has 1 fully saturated rings. The fourth-order valence-corrected chi connectivity index (χ4v) is 6.50. The van der Waals surface area contributed by atoms with Crippen molar-refractivity contribution in [2.24, 2.45) is 5.92 Å². The Balaban J connectivity index is 0.885. The van der Waals surface area contributed by atoms with Crippen molar-refractivity contribution in [3.05, 3.63) is 77.8 Å². The van der Waals surface area contributed by atoms with Crippen LogP contribution in [0.4, 0.5) is 5.82 Å². The van der Waals surface area contributed by atoms with Crippen molar-refractivity contribution in [1.82, 2.24) is 25.1 Å². The van der Waals surface area contributed by atoms with E-state index in [9.17, 15) is 4.79 Å². The number of carbonyl (C=O) groups is 1. The molecule has 2 aromatic heterocycles. The van der Waals surface area contributed by atoms with Gasteiger partial charge in [0.1, 0.15) is 17.6 Å². The Hall–Kier alpha value is -3.81. The Bertz CT molecular complexity index is 1410. The molecule has 2 aliphatic rings. The SMILES string of the molecule is C=C(Nc1ccncn1)C1CCC(NC(=O)CCCCCCCCCCn2nc3c(cc2=N)CCc2ccccc2-3)CC1. The minimum absolute atomic E-state index is 0.201. The smallest absolute Gasteiger partial charge is 0.220 e. The van der Waals surface area contributed by atoms with E-state index >= 15 is 0 Å². The molecule has 2 aliphatic carbocycles. The highest BCUT2D eigenvalue weighted by atomic mass is 16.1. The molecule has 1 saturated carbocycles. The van der Waals surface area contributed by atoms with E-state index in [1.165, 1.54) is 48.7 Å². The number of benzene rings is 1. The molecule has 2 heterocycles. The van der Waals surface area contributed by atoms with Crippen molar-refractivity contribution in [3.63, 3.8) is 0 Å². The average molecular weight is 582 g/mol. The number of anilines is 1. The van der Waals surface area contributed by atoms with Crippen molar-refractivity contribution < 1.29 is 4.79 Å². The first-order valence-corrected chi connectivity index (χ1v) is 16.3. The van der Waals surface area contributed by atoms with Crippen molar-refractivity contribution in [2.45, 2.75) is 109 Å². The van der Waals surface area contributed by atoms with E-state index < -0.39 is 0 Å². The predicted molar refractivity (Wildman–Crippen MR) is 171 cm³/mol. The molecule has 0 spiro atoms. The number of rotatable bonds is 15. The number of hydrogen-bond donors (Lipinski definition) is 3. The average Bonchev–Trinajstić information content (AvgIpc) is 3.03. The Kier molecular flexibility index (Phi) is 11.1. The molecule has 5 rings (SSSR count). The summed E-state index contributed by atoms with van der Waals surface area (Å²) in [7, 11) is 0. The van der Waals surface area contributed by atoms with Crippen LogP contribution in [0.1, 0.15) is 94.6 Å². The highest BCUT2D eigenvalue weighted by molar-refractivity contribution is 5.76. The predicted octanol–water partition coefficient (Wildman–Crippen LogP) is 6.73. The maximum Gasteiger partial charge on any atom is 0.220 e. The third-order valence-corrected chi connectivity index (χ3v) is 9.03. The van der Waals surface area contributed by atoms with Crippen LogP contribution in [0.3, 0.4) is 0 Å². The summed E-state index contributed by atoms with van der Waals surface area (Å²) in [6, 6.07) is 12.7. The summed E-state index contributed by atoms with van der Waals surface area (Å²) in [6.07, 6.45) is 19.1. The maximum atomic E-state index is 12.5. The van der Waals surface area contributed by atoms with Gasteiger partial charge < -0.3 is 10.6 Å². The Morgan fingerprint density at radius 3 is 2.42 bits per heavy atom. The van der Waals surface area contributed by atoms with Crippen LogP contribution in [0.25, 0.3) is 11.3 Å². The fraction of sp³-hybridized carbons (Fsp3) is 0.514. The molecule has 8 heteroatoms. The van der Waals surface area contributed by atoms with E-state index in [4.69, 9.17) is 10.5 Å². The number of nitrogens with one attached hydrogen (secondary N) is 3. The van der Waals surface area contributed by atoms with Gasteiger partial charge in [0.15, 0.2) is 0 Å². The van der Waals surface area contributed by atoms with Gasteiger partial charge in [-0.2, -0.15) is 5.10 Å². The van der Waals surface area contributed by atoms with E-state index in [1.807, 2.05) is 16.8 Å². The number of unbranched alkanes of at least 4 members (excludes halogenated alkanes) is 7. The maximum absolute atomic E-state index is 12.5. The quantitative estimate of drug-likeness (QED) is 0.173. The number of allylic oxidation sites excluding steroid dienone is 1. The molecule has 0 radical (unpaired) electrons. The molecule has 3 aromatic rings. The first-order valence-electron chi connectivity index (χ1n) is 16.3. The number of aromatic nitrogens is 4. The second kappa shape index (κ2) is 15.6. The zero-order chi connectivity index (χ0) is 29.9. The number of fused-ring (bicyclic) bond motifs is 3. The lowest BCUT2D eigenvalue weighted by Crippen LogP contribution is -2.38. The van der Waals surface area contributed by atoms with Gasteiger partial charge in [0.2, 0.25) is 5.91 Å². The molecule has 0 aliphatic heterocycles. The minimum atomic E-state index is 0.201. The number of nitrogens with zero attached hydrogens (tertiary/aromatic N) is 4. The number of amides is 1.